The van der Waals surface area contributed by atoms with Crippen LogP contribution in [0.4, 0.5) is 0 Å². The van der Waals surface area contributed by atoms with E-state index in [4.69, 9.17) is 9.47 Å². The van der Waals surface area contributed by atoms with Crippen LogP contribution in [0.25, 0.3) is 6.08 Å². The van der Waals surface area contributed by atoms with Gasteiger partial charge in [0, 0.05) is 23.5 Å². The van der Waals surface area contributed by atoms with Gasteiger partial charge in [-0.1, -0.05) is 13.8 Å². The van der Waals surface area contributed by atoms with Gasteiger partial charge in [-0.3, -0.25) is 14.9 Å². The highest BCUT2D eigenvalue weighted by Gasteiger charge is 2.17. The van der Waals surface area contributed by atoms with Crippen LogP contribution in [0.5, 0.6) is 5.75 Å². The number of carbonyl (C=O) groups excluding carboxylic acids is 3. The lowest BCUT2D eigenvalue weighted by molar-refractivity contribution is -0.144. The summed E-state index contributed by atoms with van der Waals surface area (Å²) in [6, 6.07) is 9.88. The van der Waals surface area contributed by atoms with Gasteiger partial charge in [0.1, 0.15) is 17.4 Å². The van der Waals surface area contributed by atoms with Crippen LogP contribution in [0, 0.1) is 31.1 Å². The van der Waals surface area contributed by atoms with Gasteiger partial charge >= 0.3 is 5.97 Å². The Bertz CT molecular complexity index is 1070. The molecular weight excluding hydrogens is 410 g/mol. The summed E-state index contributed by atoms with van der Waals surface area (Å²) < 4.78 is 12.1. The molecule has 8 nitrogen and oxygen atoms in total. The van der Waals surface area contributed by atoms with E-state index in [0.29, 0.717) is 11.7 Å². The number of nitriles is 1. The average molecular weight is 437 g/mol. The van der Waals surface area contributed by atoms with Crippen molar-refractivity contribution in [3.8, 4) is 11.8 Å². The Morgan fingerprint density at radius 3 is 2.41 bits per heavy atom. The number of benzene rings is 1. The van der Waals surface area contributed by atoms with Crippen LogP contribution in [0.15, 0.2) is 35.9 Å². The maximum Gasteiger partial charge on any atom is 0.349 e. The molecule has 1 aromatic heterocycles. The third-order valence-corrected chi connectivity index (χ3v) is 4.74. The van der Waals surface area contributed by atoms with Crippen molar-refractivity contribution in [2.75, 3.05) is 13.7 Å². The molecule has 0 saturated carbocycles. The standard InChI is InChI=1S/C24H27N3O5/c1-15(2)13-27-16(3)10-19(17(27)4)11-20(12-25)24(30)32-14-22(28)26-23(29)18-6-8-21(31-5)9-7-18/h6-11,15H,13-14H2,1-5H3,(H,26,28,29)/b20-11+. The SMILES string of the molecule is COc1ccc(C(=O)NC(=O)COC(=O)/C(C#N)=C/c2cc(C)n(CC(C)C)c2C)cc1. The molecule has 2 aromatic rings. The third kappa shape index (κ3) is 6.32. The van der Waals surface area contributed by atoms with E-state index >= 15 is 0 Å². The van der Waals surface area contributed by atoms with Gasteiger partial charge in [0.05, 0.1) is 7.11 Å². The predicted molar refractivity (Wildman–Crippen MR) is 119 cm³/mol. The van der Waals surface area contributed by atoms with E-state index in [1.54, 1.807) is 12.1 Å². The Hall–Kier alpha value is -3.86. The Balaban J connectivity index is 2.00. The number of rotatable bonds is 8. The number of carbonyl (C=O) groups is 3. The molecule has 0 aliphatic heterocycles. The number of nitrogens with zero attached hydrogens (tertiary/aromatic N) is 2. The highest BCUT2D eigenvalue weighted by Crippen LogP contribution is 2.20. The molecular formula is C24H27N3O5. The molecule has 0 bridgehead atoms. The molecule has 1 heterocycles. The van der Waals surface area contributed by atoms with Gasteiger partial charge in [-0.2, -0.15) is 5.26 Å². The van der Waals surface area contributed by atoms with Gasteiger partial charge in [-0.25, -0.2) is 4.79 Å². The number of methoxy groups -OCH3 is 1. The quantitative estimate of drug-likeness (QED) is 0.386. The number of ether oxygens (including phenoxy) is 2. The highest BCUT2D eigenvalue weighted by atomic mass is 16.5. The van der Waals surface area contributed by atoms with Crippen LogP contribution >= 0.6 is 0 Å². The number of amides is 2. The van der Waals surface area contributed by atoms with E-state index in [9.17, 15) is 19.6 Å². The molecule has 168 valence electrons. The van der Waals surface area contributed by atoms with Crippen molar-refractivity contribution in [2.24, 2.45) is 5.92 Å². The van der Waals surface area contributed by atoms with Crippen molar-refractivity contribution in [3.05, 3.63) is 58.4 Å². The Kier molecular flexibility index (Phi) is 8.36. The first-order valence-corrected chi connectivity index (χ1v) is 10.1. The summed E-state index contributed by atoms with van der Waals surface area (Å²) >= 11 is 0. The molecule has 0 unspecified atom stereocenters. The van der Waals surface area contributed by atoms with Crippen LogP contribution in [0.3, 0.4) is 0 Å². The molecule has 0 aliphatic rings. The smallest absolute Gasteiger partial charge is 0.349 e. The molecule has 2 amide bonds. The summed E-state index contributed by atoms with van der Waals surface area (Å²) in [4.78, 5) is 36.4. The molecule has 0 aliphatic carbocycles. The molecule has 0 saturated heterocycles. The summed E-state index contributed by atoms with van der Waals surface area (Å²) in [7, 11) is 1.50. The van der Waals surface area contributed by atoms with E-state index < -0.39 is 24.4 Å². The van der Waals surface area contributed by atoms with Gasteiger partial charge in [0.15, 0.2) is 6.61 Å². The normalized spacial score (nSPS) is 11.1. The third-order valence-electron chi connectivity index (χ3n) is 4.74. The lowest BCUT2D eigenvalue weighted by atomic mass is 10.1. The maximum absolute atomic E-state index is 12.3. The Morgan fingerprint density at radius 1 is 1.19 bits per heavy atom. The van der Waals surface area contributed by atoms with Crippen LogP contribution in [-0.4, -0.2) is 36.1 Å². The van der Waals surface area contributed by atoms with Crippen LogP contribution in [0.2, 0.25) is 0 Å². The van der Waals surface area contributed by atoms with Gasteiger partial charge in [0.2, 0.25) is 0 Å². The van der Waals surface area contributed by atoms with Crippen LogP contribution in [0.1, 0.15) is 41.2 Å². The fourth-order valence-corrected chi connectivity index (χ4v) is 3.10. The number of imide groups is 1. The average Bonchev–Trinajstić information content (AvgIpc) is 3.02. The molecule has 2 rings (SSSR count). The fraction of sp³-hybridized carbons (Fsp3) is 0.333. The summed E-state index contributed by atoms with van der Waals surface area (Å²) in [5.41, 5.74) is 2.70. The van der Waals surface area contributed by atoms with Crippen molar-refractivity contribution in [3.63, 3.8) is 0 Å². The summed E-state index contributed by atoms with van der Waals surface area (Å²) in [6.07, 6.45) is 1.45. The fourth-order valence-electron chi connectivity index (χ4n) is 3.10. The highest BCUT2D eigenvalue weighted by molar-refractivity contribution is 6.06. The van der Waals surface area contributed by atoms with Crippen molar-refractivity contribution in [1.29, 1.82) is 5.26 Å². The minimum atomic E-state index is -0.937. The Morgan fingerprint density at radius 2 is 1.84 bits per heavy atom. The molecule has 32 heavy (non-hydrogen) atoms. The van der Waals surface area contributed by atoms with Crippen molar-refractivity contribution >= 4 is 23.9 Å². The predicted octanol–water partition coefficient (Wildman–Crippen LogP) is 3.18. The second-order valence-electron chi connectivity index (χ2n) is 7.68. The van der Waals surface area contributed by atoms with Crippen LogP contribution in [-0.2, 0) is 20.9 Å². The van der Waals surface area contributed by atoms with Crippen molar-refractivity contribution < 1.29 is 23.9 Å². The number of esters is 1. The maximum atomic E-state index is 12.3. The zero-order chi connectivity index (χ0) is 23.8. The van der Waals surface area contributed by atoms with Gasteiger partial charge in [-0.05, 0) is 61.7 Å². The molecule has 1 aromatic carbocycles. The minimum absolute atomic E-state index is 0.232. The van der Waals surface area contributed by atoms with Gasteiger partial charge in [-0.15, -0.1) is 0 Å². The molecule has 0 fully saturated rings. The Labute approximate surface area is 187 Å². The number of aromatic nitrogens is 1. The minimum Gasteiger partial charge on any atom is -0.497 e. The molecule has 0 atom stereocenters. The lowest BCUT2D eigenvalue weighted by Gasteiger charge is -2.12. The zero-order valence-corrected chi connectivity index (χ0v) is 18.9. The number of aryl methyl sites for hydroxylation is 1. The number of hydrogen-bond acceptors (Lipinski definition) is 6. The molecule has 1 N–H and O–H groups in total. The van der Waals surface area contributed by atoms with E-state index in [1.807, 2.05) is 26.0 Å². The molecule has 8 heteroatoms. The summed E-state index contributed by atoms with van der Waals surface area (Å²) in [6.45, 7) is 8.22. The van der Waals surface area contributed by atoms with E-state index in [2.05, 4.69) is 23.7 Å². The second-order valence-corrected chi connectivity index (χ2v) is 7.68. The molecule has 0 radical (unpaired) electrons. The van der Waals surface area contributed by atoms with E-state index in [-0.39, 0.29) is 11.1 Å². The zero-order valence-electron chi connectivity index (χ0n) is 18.9. The van der Waals surface area contributed by atoms with Gasteiger partial charge < -0.3 is 14.0 Å². The summed E-state index contributed by atoms with van der Waals surface area (Å²) in [5, 5.41) is 11.5. The monoisotopic (exact) mass is 437 g/mol. The first-order valence-electron chi connectivity index (χ1n) is 10.1. The topological polar surface area (TPSA) is 110 Å². The van der Waals surface area contributed by atoms with E-state index in [1.165, 1.54) is 25.3 Å². The van der Waals surface area contributed by atoms with Crippen LogP contribution < -0.4 is 10.1 Å². The largest absolute Gasteiger partial charge is 0.497 e. The molecule has 0 spiro atoms. The number of hydrogen-bond donors (Lipinski definition) is 1. The van der Waals surface area contributed by atoms with Gasteiger partial charge in [0.25, 0.3) is 11.8 Å². The van der Waals surface area contributed by atoms with Crippen molar-refractivity contribution in [1.82, 2.24) is 9.88 Å². The number of nitrogens with one attached hydrogen (secondary N) is 1. The van der Waals surface area contributed by atoms with Crippen molar-refractivity contribution in [2.45, 2.75) is 34.2 Å². The summed E-state index contributed by atoms with van der Waals surface area (Å²) in [5.74, 6) is -1.36. The first-order chi connectivity index (χ1) is 15.2. The lowest BCUT2D eigenvalue weighted by Crippen LogP contribution is -2.34. The van der Waals surface area contributed by atoms with E-state index in [0.717, 1.165) is 23.5 Å². The second kappa shape index (κ2) is 11.0. The first kappa shape index (κ1) is 24.4.